The van der Waals surface area contributed by atoms with Gasteiger partial charge in [-0.3, -0.25) is 4.79 Å². The van der Waals surface area contributed by atoms with Gasteiger partial charge in [0.2, 0.25) is 5.91 Å². The number of rotatable bonds is 4. The second kappa shape index (κ2) is 7.10. The van der Waals surface area contributed by atoms with Crippen LogP contribution in [0.15, 0.2) is 0 Å². The van der Waals surface area contributed by atoms with Crippen molar-refractivity contribution < 1.29 is 14.6 Å². The number of hydrogen-bond donors (Lipinski definition) is 1. The molecule has 4 atom stereocenters. The Labute approximate surface area is 127 Å². The van der Waals surface area contributed by atoms with Gasteiger partial charge in [0.15, 0.2) is 0 Å². The van der Waals surface area contributed by atoms with Gasteiger partial charge < -0.3 is 14.7 Å². The van der Waals surface area contributed by atoms with Crippen molar-refractivity contribution in [2.75, 3.05) is 13.2 Å². The van der Waals surface area contributed by atoms with Crippen molar-refractivity contribution in [3.63, 3.8) is 0 Å². The van der Waals surface area contributed by atoms with Gasteiger partial charge in [-0.2, -0.15) is 0 Å². The van der Waals surface area contributed by atoms with Crippen LogP contribution in [0.5, 0.6) is 0 Å². The van der Waals surface area contributed by atoms with Crippen LogP contribution in [0.25, 0.3) is 0 Å². The average molecular weight is 295 g/mol. The molecule has 2 heterocycles. The molecular formula is C17H29NO3. The molecule has 1 saturated carbocycles. The first-order valence-electron chi connectivity index (χ1n) is 8.85. The summed E-state index contributed by atoms with van der Waals surface area (Å²) in [5.41, 5.74) is 0. The van der Waals surface area contributed by atoms with Crippen LogP contribution in [-0.2, 0) is 9.53 Å². The van der Waals surface area contributed by atoms with E-state index in [4.69, 9.17) is 4.74 Å². The van der Waals surface area contributed by atoms with E-state index >= 15 is 0 Å². The molecule has 1 amide bonds. The summed E-state index contributed by atoms with van der Waals surface area (Å²) in [6, 6.07) is 0.294. The van der Waals surface area contributed by atoms with E-state index in [0.29, 0.717) is 24.5 Å². The summed E-state index contributed by atoms with van der Waals surface area (Å²) in [5.74, 6) is 0.605. The Kier molecular flexibility index (Phi) is 5.17. The zero-order chi connectivity index (χ0) is 14.7. The molecule has 2 saturated heterocycles. The third kappa shape index (κ3) is 3.59. The minimum Gasteiger partial charge on any atom is -0.393 e. The Morgan fingerprint density at radius 3 is 2.71 bits per heavy atom. The zero-order valence-corrected chi connectivity index (χ0v) is 13.0. The molecule has 2 aliphatic heterocycles. The fourth-order valence-electron chi connectivity index (χ4n) is 4.43. The fraction of sp³-hybridized carbons (Fsp3) is 0.941. The van der Waals surface area contributed by atoms with Crippen LogP contribution in [0.4, 0.5) is 0 Å². The van der Waals surface area contributed by atoms with Gasteiger partial charge >= 0.3 is 0 Å². The van der Waals surface area contributed by atoms with E-state index in [-0.39, 0.29) is 12.0 Å². The van der Waals surface area contributed by atoms with E-state index in [1.54, 1.807) is 0 Å². The summed E-state index contributed by atoms with van der Waals surface area (Å²) < 4.78 is 5.72. The number of nitrogens with zero attached hydrogens (tertiary/aromatic N) is 1. The highest BCUT2D eigenvalue weighted by Gasteiger charge is 2.39. The van der Waals surface area contributed by atoms with E-state index in [0.717, 1.165) is 64.5 Å². The van der Waals surface area contributed by atoms with Gasteiger partial charge in [0.1, 0.15) is 0 Å². The van der Waals surface area contributed by atoms with Gasteiger partial charge in [0, 0.05) is 31.5 Å². The molecule has 21 heavy (non-hydrogen) atoms. The highest BCUT2D eigenvalue weighted by Crippen LogP contribution is 2.36. The summed E-state index contributed by atoms with van der Waals surface area (Å²) in [7, 11) is 0. The molecule has 0 aromatic rings. The van der Waals surface area contributed by atoms with Crippen LogP contribution < -0.4 is 0 Å². The number of aliphatic hydroxyl groups is 1. The van der Waals surface area contributed by atoms with Crippen LogP contribution >= 0.6 is 0 Å². The fourth-order valence-corrected chi connectivity index (χ4v) is 4.43. The van der Waals surface area contributed by atoms with Crippen molar-refractivity contribution in [3.8, 4) is 0 Å². The highest BCUT2D eigenvalue weighted by molar-refractivity contribution is 5.76. The van der Waals surface area contributed by atoms with Crippen LogP contribution in [0.2, 0.25) is 0 Å². The average Bonchev–Trinajstić information content (AvgIpc) is 3.14. The maximum Gasteiger partial charge on any atom is 0.222 e. The van der Waals surface area contributed by atoms with Gasteiger partial charge in [-0.25, -0.2) is 0 Å². The van der Waals surface area contributed by atoms with Crippen molar-refractivity contribution in [1.82, 2.24) is 4.90 Å². The van der Waals surface area contributed by atoms with Crippen molar-refractivity contribution in [1.29, 1.82) is 0 Å². The second-order valence-electron chi connectivity index (χ2n) is 6.99. The monoisotopic (exact) mass is 295 g/mol. The molecule has 0 bridgehead atoms. The quantitative estimate of drug-likeness (QED) is 0.867. The zero-order valence-electron chi connectivity index (χ0n) is 13.0. The number of likely N-dealkylation sites (tertiary alicyclic amines) is 1. The molecule has 3 aliphatic rings. The highest BCUT2D eigenvalue weighted by atomic mass is 16.5. The normalized spacial score (nSPS) is 37.1. The largest absolute Gasteiger partial charge is 0.393 e. The van der Waals surface area contributed by atoms with Crippen LogP contribution in [0, 0.1) is 5.92 Å². The standard InChI is InChI=1S/C17H29NO3/c19-16-8-3-6-14(16)15-7-4-11-18(15)17(20)10-9-13-5-1-2-12-21-13/h13-16,19H,1-12H2. The van der Waals surface area contributed by atoms with E-state index in [9.17, 15) is 9.90 Å². The molecule has 4 unspecified atom stereocenters. The molecule has 3 fully saturated rings. The smallest absolute Gasteiger partial charge is 0.222 e. The molecule has 3 rings (SSSR count). The number of aliphatic hydroxyl groups excluding tert-OH is 1. The third-order valence-corrected chi connectivity index (χ3v) is 5.60. The second-order valence-corrected chi connectivity index (χ2v) is 6.99. The number of ether oxygens (including phenoxy) is 1. The molecule has 1 N–H and O–H groups in total. The van der Waals surface area contributed by atoms with Gasteiger partial charge in [0.25, 0.3) is 0 Å². The van der Waals surface area contributed by atoms with Crippen molar-refractivity contribution in [2.24, 2.45) is 5.92 Å². The molecule has 4 nitrogen and oxygen atoms in total. The van der Waals surface area contributed by atoms with Crippen LogP contribution in [0.3, 0.4) is 0 Å². The van der Waals surface area contributed by atoms with Crippen LogP contribution in [0.1, 0.15) is 64.2 Å². The molecule has 0 aromatic heterocycles. The summed E-state index contributed by atoms with van der Waals surface area (Å²) in [6.45, 7) is 1.75. The van der Waals surface area contributed by atoms with Crippen molar-refractivity contribution >= 4 is 5.91 Å². The third-order valence-electron chi connectivity index (χ3n) is 5.60. The lowest BCUT2D eigenvalue weighted by molar-refractivity contribution is -0.134. The minimum absolute atomic E-state index is 0.190. The predicted molar refractivity (Wildman–Crippen MR) is 80.9 cm³/mol. The number of amides is 1. The lowest BCUT2D eigenvalue weighted by atomic mass is 9.93. The Morgan fingerprint density at radius 2 is 2.00 bits per heavy atom. The minimum atomic E-state index is -0.190. The molecule has 0 radical (unpaired) electrons. The number of hydrogen-bond acceptors (Lipinski definition) is 3. The Balaban J connectivity index is 1.50. The first-order chi connectivity index (χ1) is 10.3. The molecule has 0 aromatic carbocycles. The van der Waals surface area contributed by atoms with Gasteiger partial charge in [-0.1, -0.05) is 6.42 Å². The maximum absolute atomic E-state index is 12.6. The van der Waals surface area contributed by atoms with E-state index in [1.807, 2.05) is 0 Å². The molecule has 120 valence electrons. The number of carbonyl (C=O) groups excluding carboxylic acids is 1. The summed E-state index contributed by atoms with van der Waals surface area (Å²) in [4.78, 5) is 14.6. The lowest BCUT2D eigenvalue weighted by Crippen LogP contribution is -2.42. The maximum atomic E-state index is 12.6. The summed E-state index contributed by atoms with van der Waals surface area (Å²) in [5, 5.41) is 10.1. The van der Waals surface area contributed by atoms with Gasteiger partial charge in [-0.15, -0.1) is 0 Å². The van der Waals surface area contributed by atoms with E-state index in [2.05, 4.69) is 4.90 Å². The first-order valence-corrected chi connectivity index (χ1v) is 8.85. The van der Waals surface area contributed by atoms with Crippen molar-refractivity contribution in [2.45, 2.75) is 82.5 Å². The summed E-state index contributed by atoms with van der Waals surface area (Å²) in [6.07, 6.45) is 10.4. The topological polar surface area (TPSA) is 49.8 Å². The molecular weight excluding hydrogens is 266 g/mol. The van der Waals surface area contributed by atoms with Gasteiger partial charge in [0.05, 0.1) is 12.2 Å². The molecule has 4 heteroatoms. The Bertz CT molecular complexity index is 354. The SMILES string of the molecule is O=C(CCC1CCCCO1)N1CCCC1C1CCCC1O. The Hall–Kier alpha value is -0.610. The molecule has 1 aliphatic carbocycles. The lowest BCUT2D eigenvalue weighted by Gasteiger charge is -2.32. The first kappa shape index (κ1) is 15.3. The Morgan fingerprint density at radius 1 is 1.10 bits per heavy atom. The van der Waals surface area contributed by atoms with Gasteiger partial charge in [-0.05, 0) is 51.4 Å². The summed E-state index contributed by atoms with van der Waals surface area (Å²) >= 11 is 0. The predicted octanol–water partition coefficient (Wildman–Crippen LogP) is 2.49. The van der Waals surface area contributed by atoms with E-state index in [1.165, 1.54) is 6.42 Å². The molecule has 0 spiro atoms. The van der Waals surface area contributed by atoms with Crippen LogP contribution in [-0.4, -0.2) is 47.3 Å². The van der Waals surface area contributed by atoms with E-state index < -0.39 is 0 Å². The number of carbonyl (C=O) groups is 1. The van der Waals surface area contributed by atoms with Crippen molar-refractivity contribution in [3.05, 3.63) is 0 Å².